The summed E-state index contributed by atoms with van der Waals surface area (Å²) in [6, 6.07) is 19.4. The smallest absolute Gasteiger partial charge is 0.305 e. The first-order valence-corrected chi connectivity index (χ1v) is 10.7. The molecule has 1 aliphatic heterocycles. The molecule has 1 saturated heterocycles. The van der Waals surface area contributed by atoms with Gasteiger partial charge in [-0.2, -0.15) is 0 Å². The van der Waals surface area contributed by atoms with Gasteiger partial charge in [0.15, 0.2) is 6.10 Å². The molecule has 2 aromatic carbocycles. The Bertz CT molecular complexity index is 870. The zero-order valence-corrected chi connectivity index (χ0v) is 18.7. The van der Waals surface area contributed by atoms with Crippen LogP contribution >= 0.6 is 0 Å². The molecule has 1 unspecified atom stereocenters. The molecule has 172 valence electrons. The summed E-state index contributed by atoms with van der Waals surface area (Å²) in [6.45, 7) is 5.36. The predicted octanol–water partition coefficient (Wildman–Crippen LogP) is 3.79. The Morgan fingerprint density at radius 2 is 1.44 bits per heavy atom. The Balaban J connectivity index is 1.82. The lowest BCUT2D eigenvalue weighted by Crippen LogP contribution is -2.49. The van der Waals surface area contributed by atoms with E-state index in [1.807, 2.05) is 67.6 Å². The van der Waals surface area contributed by atoms with Gasteiger partial charge in [0.1, 0.15) is 11.7 Å². The molecule has 1 heterocycles. The molecule has 7 nitrogen and oxygen atoms in total. The number of esters is 2. The molecule has 3 rings (SSSR count). The summed E-state index contributed by atoms with van der Waals surface area (Å²) in [5.41, 5.74) is 1.01. The highest BCUT2D eigenvalue weighted by Gasteiger charge is 2.58. The number of hydrogen-bond donors (Lipinski definition) is 0. The van der Waals surface area contributed by atoms with E-state index >= 15 is 0 Å². The maximum atomic E-state index is 11.8. The summed E-state index contributed by atoms with van der Waals surface area (Å²) in [5, 5.41) is 0. The quantitative estimate of drug-likeness (QED) is 0.518. The molecule has 0 N–H and O–H groups in total. The third kappa shape index (κ3) is 6.16. The first-order valence-electron chi connectivity index (χ1n) is 10.7. The van der Waals surface area contributed by atoms with Gasteiger partial charge in [0.2, 0.25) is 6.29 Å². The van der Waals surface area contributed by atoms with E-state index in [-0.39, 0.29) is 13.2 Å². The summed E-state index contributed by atoms with van der Waals surface area (Å²) < 4.78 is 29.3. The van der Waals surface area contributed by atoms with Gasteiger partial charge in [-0.3, -0.25) is 9.59 Å². The zero-order valence-electron chi connectivity index (χ0n) is 18.7. The van der Waals surface area contributed by atoms with E-state index in [1.165, 1.54) is 13.8 Å². The van der Waals surface area contributed by atoms with Crippen molar-refractivity contribution in [1.29, 1.82) is 0 Å². The molecule has 0 aromatic heterocycles. The number of rotatable bonds is 10. The molecule has 7 heteroatoms. The summed E-state index contributed by atoms with van der Waals surface area (Å²) in [6.07, 6.45) is -2.20. The molecule has 0 aliphatic carbocycles. The lowest BCUT2D eigenvalue weighted by molar-refractivity contribution is -0.212. The fourth-order valence-electron chi connectivity index (χ4n) is 3.80. The summed E-state index contributed by atoms with van der Waals surface area (Å²) >= 11 is 0. The number of carbonyl (C=O) groups excluding carboxylic acids is 2. The van der Waals surface area contributed by atoms with Crippen molar-refractivity contribution in [1.82, 2.24) is 0 Å². The second-order valence-electron chi connectivity index (χ2n) is 7.78. The second kappa shape index (κ2) is 11.2. The molecule has 0 radical (unpaired) electrons. The van der Waals surface area contributed by atoms with Crippen molar-refractivity contribution in [3.05, 3.63) is 71.8 Å². The highest BCUT2D eigenvalue weighted by Crippen LogP contribution is 2.39. The van der Waals surface area contributed by atoms with E-state index in [0.29, 0.717) is 13.0 Å². The number of hydrogen-bond acceptors (Lipinski definition) is 7. The second-order valence-corrected chi connectivity index (χ2v) is 7.78. The van der Waals surface area contributed by atoms with Crippen molar-refractivity contribution >= 4 is 11.9 Å². The maximum absolute atomic E-state index is 11.8. The highest BCUT2D eigenvalue weighted by atomic mass is 16.8. The summed E-state index contributed by atoms with van der Waals surface area (Å²) in [7, 11) is 0. The summed E-state index contributed by atoms with van der Waals surface area (Å²) in [4.78, 5) is 23.5. The van der Waals surface area contributed by atoms with Crippen LogP contribution in [0.25, 0.3) is 0 Å². The molecule has 1 aliphatic rings. The average Bonchev–Trinajstić information content (AvgIpc) is 3.05. The number of ether oxygens (including phenoxy) is 5. The van der Waals surface area contributed by atoms with Gasteiger partial charge in [0, 0.05) is 13.8 Å². The van der Waals surface area contributed by atoms with E-state index < -0.39 is 36.0 Å². The third-order valence-corrected chi connectivity index (χ3v) is 5.35. The minimum absolute atomic E-state index is 0.174. The van der Waals surface area contributed by atoms with Gasteiger partial charge in [0.25, 0.3) is 0 Å². The molecule has 1 fully saturated rings. The fraction of sp³-hybridized carbons (Fsp3) is 0.440. The lowest BCUT2D eigenvalue weighted by Gasteiger charge is -2.33. The molecule has 0 saturated carbocycles. The first kappa shape index (κ1) is 23.9. The van der Waals surface area contributed by atoms with Crippen LogP contribution in [0.5, 0.6) is 0 Å². The standard InChI is InChI=1S/C25H30O7/c1-4-25(17-28-15-20-11-7-5-8-12-20)23(29-16-21-13-9-6-10-14-21)22(30-18(2)26)24(32-25)31-19(3)27/h5-14,22-24H,4,15-17H2,1-3H3/t22-,23+,24?,25-/m1/s1. The van der Waals surface area contributed by atoms with Gasteiger partial charge in [-0.25, -0.2) is 0 Å². The van der Waals surface area contributed by atoms with Gasteiger partial charge in [-0.15, -0.1) is 0 Å². The van der Waals surface area contributed by atoms with Crippen molar-refractivity contribution < 1.29 is 33.3 Å². The predicted molar refractivity (Wildman–Crippen MR) is 116 cm³/mol. The van der Waals surface area contributed by atoms with E-state index in [1.54, 1.807) is 0 Å². The van der Waals surface area contributed by atoms with Crippen LogP contribution in [0.2, 0.25) is 0 Å². The lowest BCUT2D eigenvalue weighted by atomic mass is 9.92. The average molecular weight is 443 g/mol. The third-order valence-electron chi connectivity index (χ3n) is 5.35. The van der Waals surface area contributed by atoms with Gasteiger partial charge in [-0.1, -0.05) is 67.6 Å². The SMILES string of the molecule is CC[C@]1(COCc2ccccc2)OC(OC(C)=O)[C@H](OC(C)=O)[C@@H]1OCc1ccccc1. The van der Waals surface area contributed by atoms with Crippen molar-refractivity contribution in [2.75, 3.05) is 6.61 Å². The van der Waals surface area contributed by atoms with Crippen molar-refractivity contribution in [2.45, 2.75) is 64.5 Å². The van der Waals surface area contributed by atoms with Gasteiger partial charge < -0.3 is 23.7 Å². The van der Waals surface area contributed by atoms with Crippen molar-refractivity contribution in [3.8, 4) is 0 Å². The van der Waals surface area contributed by atoms with Gasteiger partial charge in [0.05, 0.1) is 19.8 Å². The molecule has 32 heavy (non-hydrogen) atoms. The molecular formula is C25H30O7. The largest absolute Gasteiger partial charge is 0.453 e. The van der Waals surface area contributed by atoms with Crippen LogP contribution in [0.4, 0.5) is 0 Å². The fourth-order valence-corrected chi connectivity index (χ4v) is 3.80. The maximum Gasteiger partial charge on any atom is 0.305 e. The number of benzene rings is 2. The van der Waals surface area contributed by atoms with Crippen molar-refractivity contribution in [3.63, 3.8) is 0 Å². The normalized spacial score (nSPS) is 24.8. The molecule has 0 bridgehead atoms. The minimum atomic E-state index is -1.09. The van der Waals surface area contributed by atoms with Gasteiger partial charge >= 0.3 is 11.9 Å². The van der Waals surface area contributed by atoms with Crippen LogP contribution in [0, 0.1) is 0 Å². The Morgan fingerprint density at radius 3 is 1.97 bits per heavy atom. The van der Waals surface area contributed by atoms with E-state index in [2.05, 4.69) is 0 Å². The first-order chi connectivity index (χ1) is 15.4. The highest BCUT2D eigenvalue weighted by molar-refractivity contribution is 5.67. The topological polar surface area (TPSA) is 80.3 Å². The molecule has 0 spiro atoms. The Kier molecular flexibility index (Phi) is 8.39. The monoisotopic (exact) mass is 442 g/mol. The van der Waals surface area contributed by atoms with E-state index in [0.717, 1.165) is 11.1 Å². The van der Waals surface area contributed by atoms with Crippen LogP contribution in [0.1, 0.15) is 38.3 Å². The number of carbonyl (C=O) groups is 2. The Hall–Kier alpha value is -2.74. The van der Waals surface area contributed by atoms with Crippen LogP contribution in [0.3, 0.4) is 0 Å². The minimum Gasteiger partial charge on any atom is -0.453 e. The Labute approximate surface area is 188 Å². The summed E-state index contributed by atoms with van der Waals surface area (Å²) in [5.74, 6) is -1.05. The molecular weight excluding hydrogens is 412 g/mol. The molecule has 0 amide bonds. The van der Waals surface area contributed by atoms with Crippen LogP contribution < -0.4 is 0 Å². The van der Waals surface area contributed by atoms with Crippen molar-refractivity contribution in [2.24, 2.45) is 0 Å². The molecule has 4 atom stereocenters. The van der Waals surface area contributed by atoms with Crippen LogP contribution in [-0.2, 0) is 46.5 Å². The van der Waals surface area contributed by atoms with Gasteiger partial charge in [-0.05, 0) is 17.5 Å². The van der Waals surface area contributed by atoms with Crippen LogP contribution in [-0.4, -0.2) is 42.6 Å². The Morgan fingerprint density at radius 1 is 0.875 bits per heavy atom. The van der Waals surface area contributed by atoms with Crippen LogP contribution in [0.15, 0.2) is 60.7 Å². The molecule has 2 aromatic rings. The van der Waals surface area contributed by atoms with E-state index in [4.69, 9.17) is 23.7 Å². The zero-order chi connectivity index (χ0) is 23.0. The van der Waals surface area contributed by atoms with E-state index in [9.17, 15) is 9.59 Å².